The van der Waals surface area contributed by atoms with Crippen LogP contribution in [0.25, 0.3) is 0 Å². The minimum atomic E-state index is -0.783. The molecule has 0 N–H and O–H groups in total. The van der Waals surface area contributed by atoms with Gasteiger partial charge in [-0.05, 0) is 109 Å². The molecule has 0 amide bonds. The lowest BCUT2D eigenvalue weighted by Crippen LogP contribution is -2.30. The highest BCUT2D eigenvalue weighted by Crippen LogP contribution is 2.17. The van der Waals surface area contributed by atoms with Crippen molar-refractivity contribution in [3.05, 3.63) is 109 Å². The number of ether oxygens (including phenoxy) is 3. The molecule has 1 unspecified atom stereocenters. The van der Waals surface area contributed by atoms with Crippen LogP contribution in [0.1, 0.15) is 335 Å². The van der Waals surface area contributed by atoms with Crippen LogP contribution in [0.3, 0.4) is 0 Å². The van der Waals surface area contributed by atoms with E-state index >= 15 is 0 Å². The Kier molecular flexibility index (Phi) is 66.2. The van der Waals surface area contributed by atoms with Gasteiger partial charge in [0.25, 0.3) is 0 Å². The first-order valence-electron chi connectivity index (χ1n) is 34.9. The molecule has 6 heteroatoms. The Balaban J connectivity index is 4.21. The fourth-order valence-corrected chi connectivity index (χ4v) is 9.81. The summed E-state index contributed by atoms with van der Waals surface area (Å²) in [6.07, 6.45) is 95.4. The first-order valence-corrected chi connectivity index (χ1v) is 34.9. The number of carbonyl (C=O) groups is 3. The zero-order chi connectivity index (χ0) is 59.2. The van der Waals surface area contributed by atoms with Crippen molar-refractivity contribution in [2.24, 2.45) is 0 Å². The summed E-state index contributed by atoms with van der Waals surface area (Å²) in [6, 6.07) is 0. The Morgan fingerprint density at radius 3 is 0.744 bits per heavy atom. The quantitative estimate of drug-likeness (QED) is 0.0261. The van der Waals surface area contributed by atoms with Crippen molar-refractivity contribution in [2.45, 2.75) is 341 Å². The molecule has 0 heterocycles. The molecule has 1 atom stereocenters. The molecule has 82 heavy (non-hydrogen) atoms. The van der Waals surface area contributed by atoms with Gasteiger partial charge in [0.15, 0.2) is 6.10 Å². The average molecular weight is 1140 g/mol. The Labute approximate surface area is 508 Å². The molecule has 0 saturated carbocycles. The normalized spacial score (nSPS) is 12.8. The van der Waals surface area contributed by atoms with E-state index in [9.17, 15) is 14.4 Å². The number of carbonyl (C=O) groups excluding carboxylic acids is 3. The highest BCUT2D eigenvalue weighted by Gasteiger charge is 2.19. The largest absolute Gasteiger partial charge is 0.462 e. The molecule has 0 aromatic carbocycles. The summed E-state index contributed by atoms with van der Waals surface area (Å²) in [7, 11) is 0. The molecule has 0 fully saturated rings. The highest BCUT2D eigenvalue weighted by atomic mass is 16.6. The average Bonchev–Trinajstić information content (AvgIpc) is 3.47. The number of esters is 3. The van der Waals surface area contributed by atoms with Crippen LogP contribution < -0.4 is 0 Å². The maximum atomic E-state index is 12.9. The summed E-state index contributed by atoms with van der Waals surface area (Å²) < 4.78 is 16.9. The molecule has 0 saturated heterocycles. The van der Waals surface area contributed by atoms with E-state index in [0.29, 0.717) is 19.3 Å². The number of rotatable bonds is 63. The smallest absolute Gasteiger partial charge is 0.306 e. The van der Waals surface area contributed by atoms with Crippen LogP contribution in [0.2, 0.25) is 0 Å². The SMILES string of the molecule is CC/C=C\C/C=C\C/C=C\C/C=C\C/C=C\C/C=C\CCCCCCCCCCCCCCC(=O)OCC(COC(=O)CCCCCCCCCCCC)OC(=O)CCCCCCCCCC/C=C\C/C=C\C/C=C\CCCCCCC. The number of allylic oxidation sites excluding steroid dienone is 18. The van der Waals surface area contributed by atoms with Gasteiger partial charge in [-0.1, -0.05) is 316 Å². The van der Waals surface area contributed by atoms with Crippen LogP contribution in [-0.2, 0) is 28.6 Å². The summed E-state index contributed by atoms with van der Waals surface area (Å²) >= 11 is 0. The maximum Gasteiger partial charge on any atom is 0.306 e. The minimum Gasteiger partial charge on any atom is -0.462 e. The fourth-order valence-electron chi connectivity index (χ4n) is 9.81. The standard InChI is InChI=1S/C76H130O6/c1-4-7-10-13-16-19-22-24-26-28-30-32-34-35-36-37-38-39-40-41-43-44-46-48-50-52-54-57-60-63-66-69-75(78)81-72-73(71-80-74(77)68-65-62-59-56-21-18-15-12-9-6-3)82-76(79)70-67-64-61-58-55-53-51-49-47-45-42-33-31-29-27-25-23-20-17-14-11-8-5-2/h7,10,16,19,23-26,29-32,35-36,38-39,42,45,73H,4-6,8-9,11-15,17-18,20-22,27-28,33-34,37,40-41,43-44,46-72H2,1-3H3/b10-7-,19-16-,25-23-,26-24-,31-29-,32-30-,36-35-,39-38-,45-42-. The zero-order valence-corrected chi connectivity index (χ0v) is 54.0. The van der Waals surface area contributed by atoms with Crippen LogP contribution in [0.5, 0.6) is 0 Å². The van der Waals surface area contributed by atoms with Gasteiger partial charge in [-0.3, -0.25) is 14.4 Å². The second kappa shape index (κ2) is 69.6. The van der Waals surface area contributed by atoms with E-state index in [2.05, 4.69) is 130 Å². The third-order valence-corrected chi connectivity index (χ3v) is 15.0. The third-order valence-electron chi connectivity index (χ3n) is 15.0. The Morgan fingerprint density at radius 1 is 0.256 bits per heavy atom. The van der Waals surface area contributed by atoms with Gasteiger partial charge in [0.2, 0.25) is 0 Å². The van der Waals surface area contributed by atoms with Gasteiger partial charge in [-0.2, -0.15) is 0 Å². The molecular weight excluding hydrogens is 1010 g/mol. The van der Waals surface area contributed by atoms with Crippen LogP contribution >= 0.6 is 0 Å². The van der Waals surface area contributed by atoms with Crippen LogP contribution in [-0.4, -0.2) is 37.2 Å². The van der Waals surface area contributed by atoms with Crippen molar-refractivity contribution in [3.8, 4) is 0 Å². The lowest BCUT2D eigenvalue weighted by molar-refractivity contribution is -0.167. The van der Waals surface area contributed by atoms with Crippen molar-refractivity contribution in [3.63, 3.8) is 0 Å². The summed E-state index contributed by atoms with van der Waals surface area (Å²) in [4.78, 5) is 38.3. The van der Waals surface area contributed by atoms with E-state index in [1.54, 1.807) is 0 Å². The molecule has 470 valence electrons. The summed E-state index contributed by atoms with van der Waals surface area (Å²) in [5.41, 5.74) is 0. The summed E-state index contributed by atoms with van der Waals surface area (Å²) in [6.45, 7) is 6.52. The lowest BCUT2D eigenvalue weighted by Gasteiger charge is -2.18. The van der Waals surface area contributed by atoms with Gasteiger partial charge < -0.3 is 14.2 Å². The van der Waals surface area contributed by atoms with Crippen LogP contribution in [0, 0.1) is 0 Å². The van der Waals surface area contributed by atoms with Crippen molar-refractivity contribution < 1.29 is 28.6 Å². The molecule has 0 rings (SSSR count). The van der Waals surface area contributed by atoms with Crippen molar-refractivity contribution in [2.75, 3.05) is 13.2 Å². The van der Waals surface area contributed by atoms with E-state index in [-0.39, 0.29) is 31.1 Å². The van der Waals surface area contributed by atoms with Gasteiger partial charge >= 0.3 is 17.9 Å². The summed E-state index contributed by atoms with van der Waals surface area (Å²) in [5.74, 6) is -0.878. The topological polar surface area (TPSA) is 78.9 Å². The second-order valence-electron chi connectivity index (χ2n) is 23.1. The fraction of sp³-hybridized carbons (Fsp3) is 0.724. The van der Waals surface area contributed by atoms with Gasteiger partial charge in [-0.15, -0.1) is 0 Å². The summed E-state index contributed by atoms with van der Waals surface area (Å²) in [5, 5.41) is 0. The molecule has 0 aliphatic heterocycles. The number of unbranched alkanes of at least 4 members (excludes halogenated alkanes) is 34. The molecule has 0 aliphatic rings. The van der Waals surface area contributed by atoms with E-state index in [1.165, 1.54) is 180 Å². The lowest BCUT2D eigenvalue weighted by atomic mass is 10.0. The van der Waals surface area contributed by atoms with E-state index in [1.807, 2.05) is 0 Å². The van der Waals surface area contributed by atoms with E-state index in [0.717, 1.165) is 116 Å². The first kappa shape index (κ1) is 78.1. The molecule has 0 aromatic rings. The van der Waals surface area contributed by atoms with Crippen molar-refractivity contribution in [1.29, 1.82) is 0 Å². The molecular formula is C76H130O6. The Hall–Kier alpha value is -3.93. The predicted octanol–water partition coefficient (Wildman–Crippen LogP) is 24.2. The molecule has 0 bridgehead atoms. The first-order chi connectivity index (χ1) is 40.5. The number of hydrogen-bond acceptors (Lipinski definition) is 6. The molecule has 0 radical (unpaired) electrons. The highest BCUT2D eigenvalue weighted by molar-refractivity contribution is 5.71. The van der Waals surface area contributed by atoms with E-state index < -0.39 is 6.10 Å². The van der Waals surface area contributed by atoms with Gasteiger partial charge in [0.05, 0.1) is 0 Å². The third kappa shape index (κ3) is 66.9. The minimum absolute atomic E-state index is 0.0786. The predicted molar refractivity (Wildman–Crippen MR) is 357 cm³/mol. The van der Waals surface area contributed by atoms with Crippen molar-refractivity contribution >= 4 is 17.9 Å². The zero-order valence-electron chi connectivity index (χ0n) is 54.0. The van der Waals surface area contributed by atoms with Gasteiger partial charge in [-0.25, -0.2) is 0 Å². The Morgan fingerprint density at radius 2 is 0.476 bits per heavy atom. The van der Waals surface area contributed by atoms with Gasteiger partial charge in [0.1, 0.15) is 13.2 Å². The maximum absolute atomic E-state index is 12.9. The number of hydrogen-bond donors (Lipinski definition) is 0. The molecule has 0 aromatic heterocycles. The second-order valence-corrected chi connectivity index (χ2v) is 23.1. The molecule has 6 nitrogen and oxygen atoms in total. The van der Waals surface area contributed by atoms with Crippen molar-refractivity contribution in [1.82, 2.24) is 0 Å². The molecule has 0 spiro atoms. The Bertz CT molecular complexity index is 1640. The van der Waals surface area contributed by atoms with Gasteiger partial charge in [0, 0.05) is 19.3 Å². The molecule has 0 aliphatic carbocycles. The monoisotopic (exact) mass is 1140 g/mol. The van der Waals surface area contributed by atoms with Crippen LogP contribution in [0.4, 0.5) is 0 Å². The van der Waals surface area contributed by atoms with Crippen LogP contribution in [0.15, 0.2) is 109 Å². The van der Waals surface area contributed by atoms with E-state index in [4.69, 9.17) is 14.2 Å².